The molecule has 3 aromatic rings. The van der Waals surface area contributed by atoms with Gasteiger partial charge in [-0.3, -0.25) is 14.9 Å². The number of nitro groups is 1. The molecular formula is C20H19N3O6S. The topological polar surface area (TPSA) is 113 Å². The summed E-state index contributed by atoms with van der Waals surface area (Å²) in [5.41, 5.74) is 0.909. The second-order valence-electron chi connectivity index (χ2n) is 5.99. The first-order valence-electron chi connectivity index (χ1n) is 8.75. The molecule has 2 aromatic carbocycles. The fraction of sp³-hybridized carbons (Fsp3) is 0.200. The summed E-state index contributed by atoms with van der Waals surface area (Å²) < 4.78 is 15.5. The van der Waals surface area contributed by atoms with Crippen LogP contribution in [0, 0.1) is 10.1 Å². The minimum atomic E-state index is -0.688. The summed E-state index contributed by atoms with van der Waals surface area (Å²) in [4.78, 5) is 28.2. The van der Waals surface area contributed by atoms with Gasteiger partial charge in [-0.05, 0) is 0 Å². The Morgan fingerprint density at radius 1 is 1.13 bits per heavy atom. The van der Waals surface area contributed by atoms with E-state index < -0.39 is 16.5 Å². The van der Waals surface area contributed by atoms with Gasteiger partial charge in [-0.15, -0.1) is 11.3 Å². The van der Waals surface area contributed by atoms with Crippen molar-refractivity contribution >= 4 is 22.9 Å². The monoisotopic (exact) mass is 429 g/mol. The molecule has 1 heterocycles. The minimum Gasteiger partial charge on any atom is -0.493 e. The summed E-state index contributed by atoms with van der Waals surface area (Å²) in [6, 6.07) is 10.9. The van der Waals surface area contributed by atoms with Crippen LogP contribution < -0.4 is 19.5 Å². The molecule has 1 aromatic heterocycles. The van der Waals surface area contributed by atoms with Crippen molar-refractivity contribution in [2.75, 3.05) is 21.3 Å². The number of ether oxygens (including phenoxy) is 3. The SMILES string of the molecule is COc1cc(C(=O)NCc2csc(-c3ccccc3)n2)c([N+](=O)[O-])c(OC)c1OC. The summed E-state index contributed by atoms with van der Waals surface area (Å²) in [6.45, 7) is 0.107. The standard InChI is InChI=1S/C20H19N3O6S/c1-27-15-9-14(16(23(25)26)18(29-3)17(15)28-2)19(24)21-10-13-11-30-20(22-13)12-7-5-4-6-8-12/h4-9,11H,10H2,1-3H3,(H,21,24). The van der Waals surface area contributed by atoms with E-state index >= 15 is 0 Å². The van der Waals surface area contributed by atoms with Crippen molar-refractivity contribution < 1.29 is 23.9 Å². The number of methoxy groups -OCH3 is 3. The summed E-state index contributed by atoms with van der Waals surface area (Å²) in [7, 11) is 3.95. The number of hydrogen-bond donors (Lipinski definition) is 1. The highest BCUT2D eigenvalue weighted by atomic mass is 32.1. The van der Waals surface area contributed by atoms with Crippen molar-refractivity contribution in [3.05, 3.63) is 63.1 Å². The number of nitrogens with one attached hydrogen (secondary N) is 1. The van der Waals surface area contributed by atoms with Gasteiger partial charge in [0.1, 0.15) is 10.6 Å². The molecule has 0 saturated carbocycles. The highest BCUT2D eigenvalue weighted by Crippen LogP contribution is 2.46. The number of hydrogen-bond acceptors (Lipinski definition) is 8. The van der Waals surface area contributed by atoms with Crippen LogP contribution in [0.5, 0.6) is 17.2 Å². The average molecular weight is 429 g/mol. The van der Waals surface area contributed by atoms with Crippen LogP contribution in [0.1, 0.15) is 16.1 Å². The Balaban J connectivity index is 1.86. The van der Waals surface area contributed by atoms with Crippen LogP contribution in [0.15, 0.2) is 41.8 Å². The summed E-state index contributed by atoms with van der Waals surface area (Å²) in [5.74, 6) is -0.664. The molecule has 0 unspecified atom stereocenters. The zero-order chi connectivity index (χ0) is 21.7. The largest absolute Gasteiger partial charge is 0.493 e. The number of carbonyl (C=O) groups excluding carboxylic acids is 1. The Hall–Kier alpha value is -3.66. The van der Waals surface area contributed by atoms with E-state index in [1.807, 2.05) is 35.7 Å². The predicted octanol–water partition coefficient (Wildman–Crippen LogP) is 3.67. The molecule has 0 aliphatic heterocycles. The second-order valence-corrected chi connectivity index (χ2v) is 6.85. The third kappa shape index (κ3) is 4.18. The van der Waals surface area contributed by atoms with Crippen LogP contribution in [0.2, 0.25) is 0 Å². The maximum atomic E-state index is 12.8. The number of amides is 1. The lowest BCUT2D eigenvalue weighted by Crippen LogP contribution is -2.24. The van der Waals surface area contributed by atoms with E-state index in [9.17, 15) is 14.9 Å². The molecule has 9 nitrogen and oxygen atoms in total. The zero-order valence-corrected chi connectivity index (χ0v) is 17.3. The van der Waals surface area contributed by atoms with Crippen molar-refractivity contribution in [1.82, 2.24) is 10.3 Å². The van der Waals surface area contributed by atoms with Crippen molar-refractivity contribution in [3.8, 4) is 27.8 Å². The maximum Gasteiger partial charge on any atom is 0.327 e. The average Bonchev–Trinajstić information content (AvgIpc) is 3.25. The first kappa shape index (κ1) is 21.1. The van der Waals surface area contributed by atoms with Crippen LogP contribution >= 0.6 is 11.3 Å². The lowest BCUT2D eigenvalue weighted by Gasteiger charge is -2.14. The third-order valence-corrected chi connectivity index (χ3v) is 5.17. The van der Waals surface area contributed by atoms with E-state index in [1.54, 1.807) is 0 Å². The number of thiazole rings is 1. The number of aromatic nitrogens is 1. The smallest absolute Gasteiger partial charge is 0.327 e. The molecule has 0 aliphatic rings. The molecule has 0 atom stereocenters. The van der Waals surface area contributed by atoms with Gasteiger partial charge in [-0.1, -0.05) is 30.3 Å². The number of carbonyl (C=O) groups is 1. The molecule has 30 heavy (non-hydrogen) atoms. The fourth-order valence-corrected chi connectivity index (χ4v) is 3.69. The van der Waals surface area contributed by atoms with Crippen molar-refractivity contribution in [1.29, 1.82) is 0 Å². The zero-order valence-electron chi connectivity index (χ0n) is 16.5. The Morgan fingerprint density at radius 2 is 1.83 bits per heavy atom. The Morgan fingerprint density at radius 3 is 2.43 bits per heavy atom. The Labute approximate surface area is 176 Å². The molecule has 1 amide bonds. The summed E-state index contributed by atoms with van der Waals surface area (Å²) in [5, 5.41) is 17.0. The van der Waals surface area contributed by atoms with Crippen molar-refractivity contribution in [3.63, 3.8) is 0 Å². The number of rotatable bonds is 8. The molecule has 0 bridgehead atoms. The Bertz CT molecular complexity index is 1070. The van der Waals surface area contributed by atoms with Crippen LogP contribution in [0.3, 0.4) is 0 Å². The highest BCUT2D eigenvalue weighted by molar-refractivity contribution is 7.13. The molecule has 0 fully saturated rings. The van der Waals surface area contributed by atoms with Gasteiger partial charge in [-0.2, -0.15) is 0 Å². The van der Waals surface area contributed by atoms with Crippen molar-refractivity contribution in [2.45, 2.75) is 6.54 Å². The van der Waals surface area contributed by atoms with E-state index in [0.29, 0.717) is 5.69 Å². The molecular weight excluding hydrogens is 410 g/mol. The normalized spacial score (nSPS) is 10.4. The van der Waals surface area contributed by atoms with Gasteiger partial charge >= 0.3 is 5.69 Å². The molecule has 1 N–H and O–H groups in total. The van der Waals surface area contributed by atoms with E-state index in [-0.39, 0.29) is 29.4 Å². The molecule has 0 radical (unpaired) electrons. The first-order chi connectivity index (χ1) is 14.5. The van der Waals surface area contributed by atoms with Crippen LogP contribution in [0.25, 0.3) is 10.6 Å². The van der Waals surface area contributed by atoms with Crippen molar-refractivity contribution in [2.24, 2.45) is 0 Å². The van der Waals surface area contributed by atoms with E-state index in [1.165, 1.54) is 38.7 Å². The molecule has 0 spiro atoms. The summed E-state index contributed by atoms with van der Waals surface area (Å²) >= 11 is 1.45. The van der Waals surface area contributed by atoms with Gasteiger partial charge in [0.15, 0.2) is 5.75 Å². The fourth-order valence-electron chi connectivity index (χ4n) is 2.86. The lowest BCUT2D eigenvalue weighted by molar-refractivity contribution is -0.386. The van der Waals surface area contributed by atoms with E-state index in [4.69, 9.17) is 14.2 Å². The van der Waals surface area contributed by atoms with Crippen LogP contribution in [0.4, 0.5) is 5.69 Å². The van der Waals surface area contributed by atoms with Gasteiger partial charge in [0, 0.05) is 17.0 Å². The number of nitro benzene ring substituents is 1. The van der Waals surface area contributed by atoms with Gasteiger partial charge < -0.3 is 19.5 Å². The third-order valence-electron chi connectivity index (χ3n) is 4.23. The first-order valence-corrected chi connectivity index (χ1v) is 9.63. The maximum absolute atomic E-state index is 12.8. The van der Waals surface area contributed by atoms with E-state index in [2.05, 4.69) is 10.3 Å². The second kappa shape index (κ2) is 9.23. The Kier molecular flexibility index (Phi) is 6.48. The highest BCUT2D eigenvalue weighted by Gasteiger charge is 2.32. The van der Waals surface area contributed by atoms with Crippen LogP contribution in [-0.4, -0.2) is 37.1 Å². The molecule has 156 valence electrons. The quantitative estimate of drug-likeness (QED) is 0.429. The van der Waals surface area contributed by atoms with E-state index in [0.717, 1.165) is 10.6 Å². The predicted molar refractivity (Wildman–Crippen MR) is 111 cm³/mol. The van der Waals surface area contributed by atoms with Gasteiger partial charge in [0.2, 0.25) is 11.5 Å². The number of benzene rings is 2. The number of nitrogens with zero attached hydrogens (tertiary/aromatic N) is 2. The van der Waals surface area contributed by atoms with Crippen LogP contribution in [-0.2, 0) is 6.54 Å². The minimum absolute atomic E-state index is 0.0373. The molecule has 10 heteroatoms. The lowest BCUT2D eigenvalue weighted by atomic mass is 10.1. The summed E-state index contributed by atoms with van der Waals surface area (Å²) in [6.07, 6.45) is 0. The molecule has 3 rings (SSSR count). The van der Waals surface area contributed by atoms with Gasteiger partial charge in [0.05, 0.1) is 38.5 Å². The molecule has 0 saturated heterocycles. The van der Waals surface area contributed by atoms with Gasteiger partial charge in [-0.25, -0.2) is 4.98 Å². The van der Waals surface area contributed by atoms with Gasteiger partial charge in [0.25, 0.3) is 5.91 Å². The molecule has 0 aliphatic carbocycles.